The van der Waals surface area contributed by atoms with Crippen molar-refractivity contribution in [3.05, 3.63) is 96.1 Å². The molecule has 0 radical (unpaired) electrons. The summed E-state index contributed by atoms with van der Waals surface area (Å²) in [4.78, 5) is 27.8. The first-order valence-corrected chi connectivity index (χ1v) is 10.3. The molecule has 1 heterocycles. The molecule has 1 aliphatic heterocycles. The van der Waals surface area contributed by atoms with Crippen molar-refractivity contribution in [2.24, 2.45) is 5.41 Å². The summed E-state index contributed by atoms with van der Waals surface area (Å²) in [6, 6.07) is 27.7. The number of likely N-dealkylation sites (tertiary alicyclic amines) is 1. The highest BCUT2D eigenvalue weighted by atomic mass is 16.2. The Morgan fingerprint density at radius 1 is 0.900 bits per heavy atom. The zero-order chi connectivity index (χ0) is 21.0. The van der Waals surface area contributed by atoms with Gasteiger partial charge in [-0.25, -0.2) is 0 Å². The molecule has 4 nitrogen and oxygen atoms in total. The molecule has 1 atom stereocenters. The average Bonchev–Trinajstić information content (AvgIpc) is 3.24. The first-order valence-electron chi connectivity index (χ1n) is 10.3. The van der Waals surface area contributed by atoms with Crippen LogP contribution >= 0.6 is 0 Å². The molecular weight excluding hydrogens is 372 g/mol. The number of carbonyl (C=O) groups is 2. The standard InChI is InChI=1S/C26H26N2O2/c1-27-25(30)26(16-17-28(19-26)24(29)21-12-6-3-7-13-21)18-22-14-8-9-15-23(22)20-10-4-2-5-11-20/h2-15H,16-19H2,1H3,(H,27,30)/t26-/m0/s1. The first kappa shape index (κ1) is 19.9. The summed E-state index contributed by atoms with van der Waals surface area (Å²) in [5.74, 6) is -0.0218. The Morgan fingerprint density at radius 3 is 2.23 bits per heavy atom. The zero-order valence-electron chi connectivity index (χ0n) is 17.2. The number of nitrogens with zero attached hydrogens (tertiary/aromatic N) is 1. The molecule has 0 bridgehead atoms. The van der Waals surface area contributed by atoms with E-state index < -0.39 is 5.41 Å². The van der Waals surface area contributed by atoms with E-state index in [1.54, 1.807) is 7.05 Å². The molecule has 152 valence electrons. The molecule has 0 saturated carbocycles. The lowest BCUT2D eigenvalue weighted by atomic mass is 9.78. The van der Waals surface area contributed by atoms with Gasteiger partial charge in [0.2, 0.25) is 5.91 Å². The Bertz CT molecular complexity index is 1030. The van der Waals surface area contributed by atoms with E-state index in [-0.39, 0.29) is 11.8 Å². The lowest BCUT2D eigenvalue weighted by Crippen LogP contribution is -2.44. The minimum Gasteiger partial charge on any atom is -0.359 e. The number of rotatable bonds is 5. The number of carbonyl (C=O) groups excluding carboxylic acids is 2. The van der Waals surface area contributed by atoms with Crippen LogP contribution in [0.3, 0.4) is 0 Å². The summed E-state index contributed by atoms with van der Waals surface area (Å²) >= 11 is 0. The molecule has 0 spiro atoms. The van der Waals surface area contributed by atoms with E-state index in [1.807, 2.05) is 65.6 Å². The number of hydrogen-bond acceptors (Lipinski definition) is 2. The minimum absolute atomic E-state index is 0.00581. The summed E-state index contributed by atoms with van der Waals surface area (Å²) in [6.07, 6.45) is 1.24. The number of hydrogen-bond donors (Lipinski definition) is 1. The maximum Gasteiger partial charge on any atom is 0.253 e. The molecule has 4 heteroatoms. The topological polar surface area (TPSA) is 49.4 Å². The molecule has 3 aromatic rings. The molecule has 1 N–H and O–H groups in total. The summed E-state index contributed by atoms with van der Waals surface area (Å²) in [5, 5.41) is 2.85. The maximum absolute atomic E-state index is 13.0. The van der Waals surface area contributed by atoms with Gasteiger partial charge in [0.05, 0.1) is 5.41 Å². The van der Waals surface area contributed by atoms with E-state index in [2.05, 4.69) is 29.6 Å². The predicted molar refractivity (Wildman–Crippen MR) is 119 cm³/mol. The van der Waals surface area contributed by atoms with Crippen LogP contribution in [0.15, 0.2) is 84.9 Å². The first-order chi connectivity index (χ1) is 14.6. The van der Waals surface area contributed by atoms with E-state index >= 15 is 0 Å². The second-order valence-electron chi connectivity index (χ2n) is 7.90. The van der Waals surface area contributed by atoms with Crippen molar-refractivity contribution in [1.29, 1.82) is 0 Å². The SMILES string of the molecule is CNC(=O)[C@]1(Cc2ccccc2-c2ccccc2)CCN(C(=O)c2ccccc2)C1. The van der Waals surface area contributed by atoms with E-state index in [4.69, 9.17) is 0 Å². The van der Waals surface area contributed by atoms with Gasteiger partial charge in [0.15, 0.2) is 0 Å². The van der Waals surface area contributed by atoms with Crippen molar-refractivity contribution >= 4 is 11.8 Å². The monoisotopic (exact) mass is 398 g/mol. The summed E-state index contributed by atoms with van der Waals surface area (Å²) in [5.41, 5.74) is 3.42. The van der Waals surface area contributed by atoms with Crippen molar-refractivity contribution in [3.8, 4) is 11.1 Å². The van der Waals surface area contributed by atoms with Gasteiger partial charge in [-0.3, -0.25) is 9.59 Å². The van der Waals surface area contributed by atoms with Crippen LogP contribution in [0, 0.1) is 5.41 Å². The quantitative estimate of drug-likeness (QED) is 0.701. The van der Waals surface area contributed by atoms with Crippen molar-refractivity contribution in [3.63, 3.8) is 0 Å². The Hall–Kier alpha value is -3.40. The fourth-order valence-corrected chi connectivity index (χ4v) is 4.42. The highest BCUT2D eigenvalue weighted by Crippen LogP contribution is 2.38. The van der Waals surface area contributed by atoms with E-state index in [9.17, 15) is 9.59 Å². The molecule has 0 aromatic heterocycles. The highest BCUT2D eigenvalue weighted by Gasteiger charge is 2.46. The summed E-state index contributed by atoms with van der Waals surface area (Å²) in [7, 11) is 1.68. The van der Waals surface area contributed by atoms with E-state index in [0.29, 0.717) is 31.5 Å². The van der Waals surface area contributed by atoms with Crippen molar-refractivity contribution in [1.82, 2.24) is 10.2 Å². The number of amides is 2. The lowest BCUT2D eigenvalue weighted by molar-refractivity contribution is -0.129. The molecule has 2 amide bonds. The van der Waals surface area contributed by atoms with Gasteiger partial charge in [-0.2, -0.15) is 0 Å². The molecule has 1 aliphatic rings. The highest BCUT2D eigenvalue weighted by molar-refractivity contribution is 5.95. The molecule has 0 aliphatic carbocycles. The van der Waals surface area contributed by atoms with Crippen LogP contribution in [0.25, 0.3) is 11.1 Å². The third kappa shape index (κ3) is 3.86. The van der Waals surface area contributed by atoms with Gasteiger partial charge in [-0.15, -0.1) is 0 Å². The Morgan fingerprint density at radius 2 is 1.53 bits per heavy atom. The Balaban J connectivity index is 1.64. The third-order valence-electron chi connectivity index (χ3n) is 6.00. The smallest absolute Gasteiger partial charge is 0.253 e. The third-order valence-corrected chi connectivity index (χ3v) is 6.00. The van der Waals surface area contributed by atoms with Crippen LogP contribution in [0.5, 0.6) is 0 Å². The van der Waals surface area contributed by atoms with Gasteiger partial charge < -0.3 is 10.2 Å². The summed E-state index contributed by atoms with van der Waals surface area (Å²) in [6.45, 7) is 0.998. The fraction of sp³-hybridized carbons (Fsp3) is 0.231. The van der Waals surface area contributed by atoms with Crippen molar-refractivity contribution < 1.29 is 9.59 Å². The van der Waals surface area contributed by atoms with Gasteiger partial charge in [-0.1, -0.05) is 72.8 Å². The van der Waals surface area contributed by atoms with E-state index in [0.717, 1.165) is 16.7 Å². The number of benzene rings is 3. The molecule has 1 fully saturated rings. The van der Waals surface area contributed by atoms with Crippen LogP contribution < -0.4 is 5.32 Å². The average molecular weight is 399 g/mol. The second-order valence-corrected chi connectivity index (χ2v) is 7.90. The Kier molecular flexibility index (Phi) is 5.66. The van der Waals surface area contributed by atoms with Gasteiger partial charge in [-0.05, 0) is 41.7 Å². The molecular formula is C26H26N2O2. The minimum atomic E-state index is -0.635. The molecule has 1 saturated heterocycles. The van der Waals surface area contributed by atoms with Crippen LogP contribution in [-0.2, 0) is 11.2 Å². The van der Waals surface area contributed by atoms with Crippen LogP contribution in [0.4, 0.5) is 0 Å². The van der Waals surface area contributed by atoms with Crippen molar-refractivity contribution in [2.45, 2.75) is 12.8 Å². The zero-order valence-corrected chi connectivity index (χ0v) is 17.2. The Labute approximate surface area is 177 Å². The van der Waals surface area contributed by atoms with E-state index in [1.165, 1.54) is 0 Å². The van der Waals surface area contributed by atoms with Gasteiger partial charge in [0, 0.05) is 25.7 Å². The maximum atomic E-state index is 13.0. The van der Waals surface area contributed by atoms with Crippen LogP contribution in [-0.4, -0.2) is 36.9 Å². The van der Waals surface area contributed by atoms with Crippen LogP contribution in [0.1, 0.15) is 22.3 Å². The van der Waals surface area contributed by atoms with Crippen LogP contribution in [0.2, 0.25) is 0 Å². The largest absolute Gasteiger partial charge is 0.359 e. The number of nitrogens with one attached hydrogen (secondary N) is 1. The van der Waals surface area contributed by atoms with Gasteiger partial charge in [0.1, 0.15) is 0 Å². The molecule has 0 unspecified atom stereocenters. The van der Waals surface area contributed by atoms with Gasteiger partial charge >= 0.3 is 0 Å². The lowest BCUT2D eigenvalue weighted by Gasteiger charge is -2.28. The van der Waals surface area contributed by atoms with Gasteiger partial charge in [0.25, 0.3) is 5.91 Å². The fourth-order valence-electron chi connectivity index (χ4n) is 4.42. The second kappa shape index (κ2) is 8.54. The molecule has 30 heavy (non-hydrogen) atoms. The van der Waals surface area contributed by atoms with Crippen molar-refractivity contribution in [2.75, 3.05) is 20.1 Å². The normalized spacial score (nSPS) is 18.2. The molecule has 3 aromatic carbocycles. The predicted octanol–water partition coefficient (Wildman–Crippen LogP) is 4.17. The summed E-state index contributed by atoms with van der Waals surface area (Å²) < 4.78 is 0. The molecule has 4 rings (SSSR count).